The number of hydrogen-bond donors (Lipinski definition) is 0. The molecule has 0 bridgehead atoms. The lowest BCUT2D eigenvalue weighted by Crippen LogP contribution is -1.67. The van der Waals surface area contributed by atoms with Crippen LogP contribution in [0.25, 0.3) is 0 Å². The second kappa shape index (κ2) is 6.69. The minimum absolute atomic E-state index is 0.644. The third kappa shape index (κ3) is 3.41. The maximum atomic E-state index is 10.2. The quantitative estimate of drug-likeness (QED) is 0.523. The first-order valence-electron chi connectivity index (χ1n) is 3.19. The van der Waals surface area contributed by atoms with Crippen molar-refractivity contribution in [3.05, 3.63) is 16.3 Å². The van der Waals surface area contributed by atoms with Crippen LogP contribution in [0.2, 0.25) is 0 Å². The highest BCUT2D eigenvalue weighted by molar-refractivity contribution is 7.12. The van der Waals surface area contributed by atoms with Crippen LogP contribution in [0.5, 0.6) is 0 Å². The highest BCUT2D eigenvalue weighted by Gasteiger charge is 1.97. The first kappa shape index (κ1) is 11.0. The molecule has 0 saturated heterocycles. The Hall–Kier alpha value is -1.00. The van der Waals surface area contributed by atoms with Crippen LogP contribution in [-0.2, 0) is 4.74 Å². The Morgan fingerprint density at radius 2 is 2.25 bits per heavy atom. The van der Waals surface area contributed by atoms with Gasteiger partial charge in [0.25, 0.3) is 0 Å². The van der Waals surface area contributed by atoms with Crippen molar-refractivity contribution in [3.63, 3.8) is 0 Å². The molecule has 1 aromatic heterocycles. The highest BCUT2D eigenvalue weighted by atomic mass is 32.1. The average Bonchev–Trinajstić information content (AvgIpc) is 2.52. The number of aliphatic imine (C=N–C) groups is 1. The molecule has 0 aliphatic rings. The van der Waals surface area contributed by atoms with Gasteiger partial charge in [-0.3, -0.25) is 9.79 Å². The van der Waals surface area contributed by atoms with Gasteiger partial charge < -0.3 is 4.74 Å². The van der Waals surface area contributed by atoms with Crippen molar-refractivity contribution in [2.75, 3.05) is 14.2 Å². The van der Waals surface area contributed by atoms with Gasteiger partial charge in [-0.1, -0.05) is 0 Å². The third-order valence-electron chi connectivity index (χ3n) is 0.951. The van der Waals surface area contributed by atoms with Gasteiger partial charge >= 0.3 is 0 Å². The summed E-state index contributed by atoms with van der Waals surface area (Å²) in [4.78, 5) is 14.4. The van der Waals surface area contributed by atoms with Crippen molar-refractivity contribution in [2.24, 2.45) is 4.99 Å². The zero-order valence-corrected chi connectivity index (χ0v) is 7.93. The molecule has 66 valence electrons. The van der Waals surface area contributed by atoms with E-state index in [1.54, 1.807) is 20.3 Å². The Morgan fingerprint density at radius 3 is 2.58 bits per heavy atom. The Kier molecular flexibility index (Phi) is 6.14. The van der Waals surface area contributed by atoms with Crippen LogP contribution >= 0.6 is 11.3 Å². The summed E-state index contributed by atoms with van der Waals surface area (Å²) < 4.78 is 4.25. The van der Waals surface area contributed by atoms with E-state index in [4.69, 9.17) is 0 Å². The Balaban J connectivity index is 0.000000354. The largest absolute Gasteiger partial charge is 0.388 e. The summed E-state index contributed by atoms with van der Waals surface area (Å²) in [6.07, 6.45) is 0.786. The summed E-state index contributed by atoms with van der Waals surface area (Å²) in [6.45, 7) is 3.31. The molecule has 0 aromatic carbocycles. The van der Waals surface area contributed by atoms with Crippen LogP contribution in [-0.4, -0.2) is 27.2 Å². The minimum Gasteiger partial charge on any atom is -0.388 e. The smallest absolute Gasteiger partial charge is 0.162 e. The molecule has 0 aliphatic heterocycles. The van der Waals surface area contributed by atoms with E-state index in [-0.39, 0.29) is 0 Å². The molecule has 12 heavy (non-hydrogen) atoms. The maximum Gasteiger partial charge on any atom is 0.162 e. The Morgan fingerprint density at radius 1 is 1.67 bits per heavy atom. The molecule has 4 heteroatoms. The molecule has 0 radical (unpaired) electrons. The Bertz CT molecular complexity index is 222. The van der Waals surface area contributed by atoms with E-state index in [1.807, 2.05) is 5.38 Å². The van der Waals surface area contributed by atoms with Crippen molar-refractivity contribution in [1.82, 2.24) is 0 Å². The lowest BCUT2D eigenvalue weighted by Gasteiger charge is -1.81. The van der Waals surface area contributed by atoms with E-state index in [1.165, 1.54) is 11.3 Å². The molecule has 0 aliphatic carbocycles. The molecule has 1 aromatic rings. The first-order valence-corrected chi connectivity index (χ1v) is 4.07. The summed E-state index contributed by atoms with van der Waals surface area (Å²) >= 11 is 1.37. The highest BCUT2D eigenvalue weighted by Crippen LogP contribution is 2.21. The number of nitrogens with zero attached hydrogens (tertiary/aromatic N) is 1. The number of rotatable bonds is 2. The van der Waals surface area contributed by atoms with E-state index in [0.717, 1.165) is 6.29 Å². The van der Waals surface area contributed by atoms with Gasteiger partial charge in [-0.05, 0) is 18.2 Å². The van der Waals surface area contributed by atoms with Gasteiger partial charge in [0.15, 0.2) is 6.29 Å². The number of aldehydes is 1. The molecular formula is C8H11NO2S. The SMILES string of the molecule is C=Nc1ccsc1C=O.COC. The predicted molar refractivity (Wildman–Crippen MR) is 51.8 cm³/mol. The minimum atomic E-state index is 0.644. The van der Waals surface area contributed by atoms with E-state index >= 15 is 0 Å². The second-order valence-corrected chi connectivity index (χ2v) is 2.80. The second-order valence-electron chi connectivity index (χ2n) is 1.85. The zero-order valence-electron chi connectivity index (χ0n) is 7.11. The number of hydrogen-bond acceptors (Lipinski definition) is 4. The number of carbonyl (C=O) groups is 1. The lowest BCUT2D eigenvalue weighted by molar-refractivity contribution is 0.112. The number of ether oxygens (including phenoxy) is 1. The molecule has 1 rings (SSSR count). The van der Waals surface area contributed by atoms with Crippen molar-refractivity contribution in [2.45, 2.75) is 0 Å². The monoisotopic (exact) mass is 185 g/mol. The van der Waals surface area contributed by atoms with E-state index in [2.05, 4.69) is 16.4 Å². The fraction of sp³-hybridized carbons (Fsp3) is 0.250. The normalized spacial score (nSPS) is 8.17. The number of carbonyl (C=O) groups excluding carboxylic acids is 1. The lowest BCUT2D eigenvalue weighted by atomic mass is 10.4. The van der Waals surface area contributed by atoms with Crippen LogP contribution in [0.4, 0.5) is 5.69 Å². The summed E-state index contributed by atoms with van der Waals surface area (Å²) in [5.41, 5.74) is 0.676. The van der Waals surface area contributed by atoms with E-state index in [9.17, 15) is 4.79 Å². The van der Waals surface area contributed by atoms with Gasteiger partial charge in [-0.15, -0.1) is 11.3 Å². The molecule has 0 unspecified atom stereocenters. The molecule has 0 saturated carbocycles. The van der Waals surface area contributed by atoms with Crippen LogP contribution in [0, 0.1) is 0 Å². The topological polar surface area (TPSA) is 38.7 Å². The fourth-order valence-corrected chi connectivity index (χ4v) is 1.19. The summed E-state index contributed by atoms with van der Waals surface area (Å²) in [5, 5.41) is 1.81. The maximum absolute atomic E-state index is 10.2. The van der Waals surface area contributed by atoms with Crippen LogP contribution in [0.3, 0.4) is 0 Å². The van der Waals surface area contributed by atoms with Gasteiger partial charge in [0.1, 0.15) is 0 Å². The van der Waals surface area contributed by atoms with Crippen LogP contribution in [0.1, 0.15) is 9.67 Å². The van der Waals surface area contributed by atoms with E-state index < -0.39 is 0 Å². The van der Waals surface area contributed by atoms with Gasteiger partial charge in [0.2, 0.25) is 0 Å². The molecule has 3 nitrogen and oxygen atoms in total. The molecule has 1 heterocycles. The van der Waals surface area contributed by atoms with Gasteiger partial charge in [-0.2, -0.15) is 0 Å². The number of thiophene rings is 1. The van der Waals surface area contributed by atoms with Gasteiger partial charge in [0, 0.05) is 14.2 Å². The summed E-state index contributed by atoms with van der Waals surface area (Å²) in [7, 11) is 3.25. The van der Waals surface area contributed by atoms with Crippen molar-refractivity contribution in [3.8, 4) is 0 Å². The van der Waals surface area contributed by atoms with Crippen molar-refractivity contribution >= 4 is 30.0 Å². The predicted octanol–water partition coefficient (Wildman–Crippen LogP) is 2.16. The molecule has 0 N–H and O–H groups in total. The van der Waals surface area contributed by atoms with Gasteiger partial charge in [-0.25, -0.2) is 0 Å². The van der Waals surface area contributed by atoms with Crippen molar-refractivity contribution in [1.29, 1.82) is 0 Å². The Labute approximate surface area is 75.7 Å². The standard InChI is InChI=1S/C6H5NOS.C2H6O/c1-7-5-2-3-9-6(5)4-8;1-3-2/h2-4H,1H2;1-2H3. The molecule has 0 spiro atoms. The molecular weight excluding hydrogens is 174 g/mol. The molecule has 0 amide bonds. The number of methoxy groups -OCH3 is 1. The van der Waals surface area contributed by atoms with Crippen LogP contribution < -0.4 is 0 Å². The molecule has 0 atom stereocenters. The van der Waals surface area contributed by atoms with Crippen molar-refractivity contribution < 1.29 is 9.53 Å². The molecule has 0 fully saturated rings. The summed E-state index contributed by atoms with van der Waals surface area (Å²) in [5.74, 6) is 0. The third-order valence-corrected chi connectivity index (χ3v) is 1.78. The zero-order chi connectivity index (χ0) is 9.40. The van der Waals surface area contributed by atoms with Crippen LogP contribution in [0.15, 0.2) is 16.4 Å². The summed E-state index contributed by atoms with van der Waals surface area (Å²) in [6, 6.07) is 1.77. The van der Waals surface area contributed by atoms with E-state index in [0.29, 0.717) is 10.6 Å². The first-order chi connectivity index (χ1) is 5.79. The average molecular weight is 185 g/mol. The fourth-order valence-electron chi connectivity index (χ4n) is 0.533. The van der Waals surface area contributed by atoms with Gasteiger partial charge in [0.05, 0.1) is 10.6 Å².